The number of carbonyl (C=O) groups excluding carboxylic acids is 1. The first-order valence-electron chi connectivity index (χ1n) is 6.80. The Labute approximate surface area is 129 Å². The zero-order chi connectivity index (χ0) is 14.9. The highest BCUT2D eigenvalue weighted by Gasteiger charge is 2.03. The van der Waals surface area contributed by atoms with Gasteiger partial charge in [-0.15, -0.1) is 11.8 Å². The number of thioether (sulfide) groups is 1. The van der Waals surface area contributed by atoms with Crippen molar-refractivity contribution in [1.29, 1.82) is 0 Å². The van der Waals surface area contributed by atoms with E-state index >= 15 is 0 Å². The number of benzene rings is 2. The molecule has 21 heavy (non-hydrogen) atoms. The summed E-state index contributed by atoms with van der Waals surface area (Å²) in [6.45, 7) is 0.455. The number of carbonyl (C=O) groups is 1. The van der Waals surface area contributed by atoms with Crippen molar-refractivity contribution in [3.05, 3.63) is 72.0 Å². The average molecular weight is 298 g/mol. The molecule has 108 valence electrons. The van der Waals surface area contributed by atoms with Crippen LogP contribution in [0.4, 0.5) is 0 Å². The molecule has 3 heteroatoms. The standard InChI is InChI=1S/C18H18O2S/c1-21-18-11-8-15(9-12-18)7-10-17(13-20-14-19)16-5-3-2-4-6-16/h2-6,8-9,11-14H,7,10H2,1H3/b17-13+. The molecule has 2 rings (SSSR count). The van der Waals surface area contributed by atoms with Crippen molar-refractivity contribution in [2.45, 2.75) is 17.7 Å². The van der Waals surface area contributed by atoms with Crippen molar-refractivity contribution in [2.24, 2.45) is 0 Å². The molecule has 2 aromatic carbocycles. The van der Waals surface area contributed by atoms with Crippen LogP contribution in [-0.2, 0) is 16.0 Å². The average Bonchev–Trinajstić information content (AvgIpc) is 2.56. The van der Waals surface area contributed by atoms with Gasteiger partial charge in [-0.25, -0.2) is 0 Å². The number of aryl methyl sites for hydroxylation is 1. The van der Waals surface area contributed by atoms with Crippen LogP contribution in [0.5, 0.6) is 0 Å². The van der Waals surface area contributed by atoms with Gasteiger partial charge >= 0.3 is 0 Å². The smallest absolute Gasteiger partial charge is 0.297 e. The zero-order valence-corrected chi connectivity index (χ0v) is 12.8. The maximum absolute atomic E-state index is 10.4. The van der Waals surface area contributed by atoms with Crippen molar-refractivity contribution >= 4 is 23.8 Å². The molecule has 0 aliphatic rings. The second-order valence-corrected chi connectivity index (χ2v) is 5.47. The molecule has 0 radical (unpaired) electrons. The summed E-state index contributed by atoms with van der Waals surface area (Å²) in [4.78, 5) is 11.7. The lowest BCUT2D eigenvalue weighted by molar-refractivity contribution is -0.123. The first-order chi connectivity index (χ1) is 10.3. The van der Waals surface area contributed by atoms with Crippen LogP contribution in [0.2, 0.25) is 0 Å². The summed E-state index contributed by atoms with van der Waals surface area (Å²) < 4.78 is 4.83. The van der Waals surface area contributed by atoms with Crippen molar-refractivity contribution in [3.63, 3.8) is 0 Å². The summed E-state index contributed by atoms with van der Waals surface area (Å²) >= 11 is 1.74. The van der Waals surface area contributed by atoms with E-state index in [2.05, 4.69) is 30.5 Å². The predicted octanol–water partition coefficient (Wildman–Crippen LogP) is 4.56. The summed E-state index contributed by atoms with van der Waals surface area (Å²) in [5.41, 5.74) is 3.39. The Balaban J connectivity index is 2.07. The quantitative estimate of drug-likeness (QED) is 0.426. The van der Waals surface area contributed by atoms with Crippen LogP contribution in [0.15, 0.2) is 65.8 Å². The van der Waals surface area contributed by atoms with E-state index in [4.69, 9.17) is 4.74 Å². The first-order valence-corrected chi connectivity index (χ1v) is 8.02. The Hall–Kier alpha value is -2.00. The molecular formula is C18H18O2S. The molecule has 0 saturated carbocycles. The summed E-state index contributed by atoms with van der Waals surface area (Å²) in [6, 6.07) is 18.6. The Morgan fingerprint density at radius 3 is 2.43 bits per heavy atom. The molecular weight excluding hydrogens is 280 g/mol. The van der Waals surface area contributed by atoms with E-state index in [1.165, 1.54) is 10.5 Å². The Bertz CT molecular complexity index is 588. The Morgan fingerprint density at radius 1 is 1.10 bits per heavy atom. The molecule has 2 nitrogen and oxygen atoms in total. The van der Waals surface area contributed by atoms with Crippen LogP contribution >= 0.6 is 11.8 Å². The summed E-state index contributed by atoms with van der Waals surface area (Å²) in [5.74, 6) is 0. The lowest BCUT2D eigenvalue weighted by Crippen LogP contribution is -1.91. The van der Waals surface area contributed by atoms with Gasteiger partial charge in [0.1, 0.15) is 0 Å². The maximum Gasteiger partial charge on any atom is 0.297 e. The molecule has 0 unspecified atom stereocenters. The minimum absolute atomic E-state index is 0.455. The van der Waals surface area contributed by atoms with E-state index in [-0.39, 0.29) is 0 Å². The van der Waals surface area contributed by atoms with Gasteiger partial charge in [0.25, 0.3) is 6.47 Å². The predicted molar refractivity (Wildman–Crippen MR) is 88.1 cm³/mol. The summed E-state index contributed by atoms with van der Waals surface area (Å²) in [7, 11) is 0. The maximum atomic E-state index is 10.4. The summed E-state index contributed by atoms with van der Waals surface area (Å²) in [6.07, 6.45) is 5.36. The number of ether oxygens (including phenoxy) is 1. The van der Waals surface area contributed by atoms with Gasteiger partial charge < -0.3 is 4.74 Å². The molecule has 0 saturated heterocycles. The minimum Gasteiger partial charge on any atom is -0.436 e. The highest BCUT2D eigenvalue weighted by molar-refractivity contribution is 7.98. The fraction of sp³-hybridized carbons (Fsp3) is 0.167. The van der Waals surface area contributed by atoms with Crippen molar-refractivity contribution < 1.29 is 9.53 Å². The van der Waals surface area contributed by atoms with Gasteiger partial charge in [-0.2, -0.15) is 0 Å². The third kappa shape index (κ3) is 4.80. The van der Waals surface area contributed by atoms with Crippen LogP contribution < -0.4 is 0 Å². The molecule has 0 aromatic heterocycles. The van der Waals surface area contributed by atoms with Gasteiger partial charge in [-0.1, -0.05) is 42.5 Å². The van der Waals surface area contributed by atoms with Crippen LogP contribution in [-0.4, -0.2) is 12.7 Å². The molecule has 0 aliphatic heterocycles. The van der Waals surface area contributed by atoms with Crippen molar-refractivity contribution in [1.82, 2.24) is 0 Å². The molecule has 0 spiro atoms. The normalized spacial score (nSPS) is 11.2. The highest BCUT2D eigenvalue weighted by atomic mass is 32.2. The van der Waals surface area contributed by atoms with Crippen LogP contribution in [0.3, 0.4) is 0 Å². The van der Waals surface area contributed by atoms with Gasteiger partial charge in [0.05, 0.1) is 6.26 Å². The molecule has 0 N–H and O–H groups in total. The molecule has 0 atom stereocenters. The Morgan fingerprint density at radius 2 is 1.81 bits per heavy atom. The fourth-order valence-corrected chi connectivity index (χ4v) is 2.51. The largest absolute Gasteiger partial charge is 0.436 e. The lowest BCUT2D eigenvalue weighted by Gasteiger charge is -2.08. The zero-order valence-electron chi connectivity index (χ0n) is 12.0. The fourth-order valence-electron chi connectivity index (χ4n) is 2.10. The third-order valence-electron chi connectivity index (χ3n) is 3.25. The van der Waals surface area contributed by atoms with E-state index in [1.807, 2.05) is 30.3 Å². The lowest BCUT2D eigenvalue weighted by atomic mass is 9.99. The molecule has 0 aliphatic carbocycles. The van der Waals surface area contributed by atoms with E-state index in [1.54, 1.807) is 18.0 Å². The topological polar surface area (TPSA) is 26.3 Å². The molecule has 0 heterocycles. The molecule has 2 aromatic rings. The van der Waals surface area contributed by atoms with Crippen molar-refractivity contribution in [3.8, 4) is 0 Å². The highest BCUT2D eigenvalue weighted by Crippen LogP contribution is 2.22. The molecule has 0 bridgehead atoms. The number of hydrogen-bond donors (Lipinski definition) is 0. The number of allylic oxidation sites excluding steroid dienone is 1. The van der Waals surface area contributed by atoms with Gasteiger partial charge in [-0.3, -0.25) is 4.79 Å². The van der Waals surface area contributed by atoms with Crippen LogP contribution in [0, 0.1) is 0 Å². The van der Waals surface area contributed by atoms with Gasteiger partial charge in [-0.05, 0) is 47.9 Å². The van der Waals surface area contributed by atoms with E-state index in [0.29, 0.717) is 6.47 Å². The van der Waals surface area contributed by atoms with E-state index in [9.17, 15) is 4.79 Å². The van der Waals surface area contributed by atoms with Gasteiger partial charge in [0, 0.05) is 4.90 Å². The van der Waals surface area contributed by atoms with E-state index in [0.717, 1.165) is 24.0 Å². The van der Waals surface area contributed by atoms with E-state index < -0.39 is 0 Å². The second-order valence-electron chi connectivity index (χ2n) is 4.59. The van der Waals surface area contributed by atoms with Gasteiger partial charge in [0.2, 0.25) is 0 Å². The first kappa shape index (κ1) is 15.4. The Kier molecular flexibility index (Phi) is 6.10. The molecule has 0 amide bonds. The third-order valence-corrected chi connectivity index (χ3v) is 4.00. The number of rotatable bonds is 7. The van der Waals surface area contributed by atoms with Crippen molar-refractivity contribution in [2.75, 3.05) is 6.26 Å². The van der Waals surface area contributed by atoms with Gasteiger partial charge in [0.15, 0.2) is 0 Å². The summed E-state index contributed by atoms with van der Waals surface area (Å²) in [5, 5.41) is 0. The van der Waals surface area contributed by atoms with Crippen LogP contribution in [0.1, 0.15) is 17.5 Å². The second kappa shape index (κ2) is 8.32. The SMILES string of the molecule is CSc1ccc(CC/C(=C\OC=O)c2ccccc2)cc1. The monoisotopic (exact) mass is 298 g/mol. The molecule has 0 fully saturated rings. The number of hydrogen-bond acceptors (Lipinski definition) is 3. The van der Waals surface area contributed by atoms with Crippen LogP contribution in [0.25, 0.3) is 5.57 Å². The minimum atomic E-state index is 0.455.